The highest BCUT2D eigenvalue weighted by Crippen LogP contribution is 2.31. The van der Waals surface area contributed by atoms with Crippen LogP contribution in [0.5, 0.6) is 5.75 Å². The van der Waals surface area contributed by atoms with E-state index in [9.17, 15) is 4.79 Å². The maximum absolute atomic E-state index is 12.9. The fraction of sp³-hybridized carbons (Fsp3) is 0.174. The van der Waals surface area contributed by atoms with Crippen molar-refractivity contribution in [3.05, 3.63) is 94.0 Å². The molecular weight excluding hydrogens is 358 g/mol. The third-order valence-electron chi connectivity index (χ3n) is 4.52. The molecule has 0 aliphatic heterocycles. The van der Waals surface area contributed by atoms with Gasteiger partial charge in [-0.25, -0.2) is 0 Å². The number of nitrogens with one attached hydrogen (secondary N) is 1. The fourth-order valence-corrected chi connectivity index (χ4v) is 3.16. The van der Waals surface area contributed by atoms with Crippen molar-refractivity contribution in [3.8, 4) is 5.75 Å². The largest absolute Gasteiger partial charge is 0.495 e. The molecule has 1 N–H and O–H groups in total. The van der Waals surface area contributed by atoms with Gasteiger partial charge in [0.15, 0.2) is 0 Å². The number of halogens is 1. The maximum atomic E-state index is 12.9. The molecule has 27 heavy (non-hydrogen) atoms. The van der Waals surface area contributed by atoms with Gasteiger partial charge in [0.05, 0.1) is 12.8 Å². The number of benzene rings is 3. The molecule has 3 nitrogen and oxygen atoms in total. The molecular formula is C23H22ClNO2. The maximum Gasteiger partial charge on any atom is 0.256 e. The summed E-state index contributed by atoms with van der Waals surface area (Å²) in [5, 5.41) is 3.57. The molecule has 138 valence electrons. The van der Waals surface area contributed by atoms with E-state index >= 15 is 0 Å². The van der Waals surface area contributed by atoms with Crippen molar-refractivity contribution in [1.29, 1.82) is 0 Å². The summed E-state index contributed by atoms with van der Waals surface area (Å²) in [6.45, 7) is 1.89. The van der Waals surface area contributed by atoms with Crippen LogP contribution in [-0.2, 0) is 12.8 Å². The molecule has 3 aromatic carbocycles. The number of carbonyl (C=O) groups excluding carboxylic acids is 1. The van der Waals surface area contributed by atoms with Gasteiger partial charge in [0.25, 0.3) is 5.91 Å². The number of hydrogen-bond acceptors (Lipinski definition) is 2. The van der Waals surface area contributed by atoms with Crippen LogP contribution in [0.3, 0.4) is 0 Å². The Balaban J connectivity index is 1.80. The van der Waals surface area contributed by atoms with Crippen LogP contribution in [0.15, 0.2) is 66.7 Å². The van der Waals surface area contributed by atoms with Gasteiger partial charge in [-0.05, 0) is 48.6 Å². The summed E-state index contributed by atoms with van der Waals surface area (Å²) in [6, 6.07) is 21.5. The molecule has 0 aliphatic carbocycles. The topological polar surface area (TPSA) is 38.3 Å². The Morgan fingerprint density at radius 2 is 1.70 bits per heavy atom. The Labute approximate surface area is 164 Å². The number of aryl methyl sites for hydroxylation is 3. The predicted octanol–water partition coefficient (Wildman–Crippen LogP) is 5.69. The first kappa shape index (κ1) is 19.0. The van der Waals surface area contributed by atoms with Crippen LogP contribution >= 0.6 is 11.6 Å². The molecule has 0 bridgehead atoms. The van der Waals surface area contributed by atoms with E-state index in [1.54, 1.807) is 13.2 Å². The van der Waals surface area contributed by atoms with Gasteiger partial charge in [0.1, 0.15) is 5.75 Å². The molecule has 4 heteroatoms. The molecule has 0 aliphatic rings. The average Bonchev–Trinajstić information content (AvgIpc) is 2.70. The Morgan fingerprint density at radius 3 is 2.44 bits per heavy atom. The molecule has 0 spiro atoms. The average molecular weight is 380 g/mol. The highest BCUT2D eigenvalue weighted by Gasteiger charge is 2.14. The first-order valence-corrected chi connectivity index (χ1v) is 9.23. The third kappa shape index (κ3) is 4.69. The smallest absolute Gasteiger partial charge is 0.256 e. The third-order valence-corrected chi connectivity index (χ3v) is 4.92. The lowest BCUT2D eigenvalue weighted by atomic mass is 9.99. The monoisotopic (exact) mass is 379 g/mol. The molecule has 0 aromatic heterocycles. The second kappa shape index (κ2) is 8.74. The van der Waals surface area contributed by atoms with E-state index in [0.717, 1.165) is 24.0 Å². The quantitative estimate of drug-likeness (QED) is 0.597. The van der Waals surface area contributed by atoms with Gasteiger partial charge in [-0.15, -0.1) is 0 Å². The lowest BCUT2D eigenvalue weighted by molar-refractivity contribution is 0.102. The van der Waals surface area contributed by atoms with E-state index in [1.165, 1.54) is 5.56 Å². The molecule has 1 amide bonds. The normalized spacial score (nSPS) is 10.5. The van der Waals surface area contributed by atoms with Crippen LogP contribution in [0.25, 0.3) is 0 Å². The number of hydrogen-bond donors (Lipinski definition) is 1. The number of ether oxygens (including phenoxy) is 1. The Hall–Kier alpha value is -2.78. The summed E-state index contributed by atoms with van der Waals surface area (Å²) < 4.78 is 5.35. The van der Waals surface area contributed by atoms with E-state index in [-0.39, 0.29) is 5.91 Å². The van der Waals surface area contributed by atoms with Crippen molar-refractivity contribution in [2.75, 3.05) is 12.4 Å². The van der Waals surface area contributed by atoms with Crippen molar-refractivity contribution in [2.45, 2.75) is 19.8 Å². The van der Waals surface area contributed by atoms with E-state index in [0.29, 0.717) is 22.0 Å². The molecule has 0 radical (unpaired) electrons. The highest BCUT2D eigenvalue weighted by atomic mass is 35.5. The molecule has 0 fully saturated rings. The van der Waals surface area contributed by atoms with E-state index in [2.05, 4.69) is 17.4 Å². The summed E-state index contributed by atoms with van der Waals surface area (Å²) >= 11 is 6.15. The molecule has 0 saturated heterocycles. The number of carbonyl (C=O) groups is 1. The van der Waals surface area contributed by atoms with Gasteiger partial charge in [0, 0.05) is 16.7 Å². The highest BCUT2D eigenvalue weighted by molar-refractivity contribution is 6.31. The standard InChI is InChI=1S/C23H22ClNO2/c1-16-14-21(22(27-2)15-20(16)24)25-23(26)19-11-7-6-10-18(19)13-12-17-8-4-3-5-9-17/h3-11,14-15H,12-13H2,1-2H3,(H,25,26). The number of amides is 1. The number of methoxy groups -OCH3 is 1. The van der Waals surface area contributed by atoms with Crippen molar-refractivity contribution < 1.29 is 9.53 Å². The molecule has 0 atom stereocenters. The molecule has 3 rings (SSSR count). The number of anilines is 1. The zero-order chi connectivity index (χ0) is 19.2. The Bertz CT molecular complexity index is 938. The lowest BCUT2D eigenvalue weighted by Crippen LogP contribution is -2.15. The van der Waals surface area contributed by atoms with E-state index < -0.39 is 0 Å². The zero-order valence-corrected chi connectivity index (χ0v) is 16.2. The van der Waals surface area contributed by atoms with E-state index in [1.807, 2.05) is 55.5 Å². The summed E-state index contributed by atoms with van der Waals surface area (Å²) in [6.07, 6.45) is 1.68. The molecule has 0 saturated carbocycles. The minimum Gasteiger partial charge on any atom is -0.495 e. The van der Waals surface area contributed by atoms with Gasteiger partial charge >= 0.3 is 0 Å². The van der Waals surface area contributed by atoms with Crippen molar-refractivity contribution in [2.24, 2.45) is 0 Å². The summed E-state index contributed by atoms with van der Waals surface area (Å²) in [4.78, 5) is 12.9. The minimum absolute atomic E-state index is 0.154. The summed E-state index contributed by atoms with van der Waals surface area (Å²) in [5.41, 5.74) is 4.43. The minimum atomic E-state index is -0.154. The van der Waals surface area contributed by atoms with Crippen LogP contribution < -0.4 is 10.1 Å². The lowest BCUT2D eigenvalue weighted by Gasteiger charge is -2.14. The second-order valence-corrected chi connectivity index (χ2v) is 6.81. The molecule has 3 aromatic rings. The summed E-state index contributed by atoms with van der Waals surface area (Å²) in [7, 11) is 1.56. The van der Waals surface area contributed by atoms with Crippen LogP contribution in [0.2, 0.25) is 5.02 Å². The Kier molecular flexibility index (Phi) is 6.15. The van der Waals surface area contributed by atoms with E-state index in [4.69, 9.17) is 16.3 Å². The first-order valence-electron chi connectivity index (χ1n) is 8.86. The van der Waals surface area contributed by atoms with Gasteiger partial charge in [-0.3, -0.25) is 4.79 Å². The fourth-order valence-electron chi connectivity index (χ4n) is 3.00. The number of rotatable bonds is 6. The van der Waals surface area contributed by atoms with Crippen LogP contribution in [0.1, 0.15) is 27.0 Å². The van der Waals surface area contributed by atoms with Crippen LogP contribution in [0.4, 0.5) is 5.69 Å². The van der Waals surface area contributed by atoms with Gasteiger partial charge in [0.2, 0.25) is 0 Å². The summed E-state index contributed by atoms with van der Waals surface area (Å²) in [5.74, 6) is 0.388. The van der Waals surface area contributed by atoms with Crippen LogP contribution in [-0.4, -0.2) is 13.0 Å². The SMILES string of the molecule is COc1cc(Cl)c(C)cc1NC(=O)c1ccccc1CCc1ccccc1. The van der Waals surface area contributed by atoms with Crippen LogP contribution in [0, 0.1) is 6.92 Å². The van der Waals surface area contributed by atoms with Gasteiger partial charge in [-0.2, -0.15) is 0 Å². The molecule has 0 unspecified atom stereocenters. The second-order valence-electron chi connectivity index (χ2n) is 6.40. The zero-order valence-electron chi connectivity index (χ0n) is 15.5. The van der Waals surface area contributed by atoms with Crippen molar-refractivity contribution in [1.82, 2.24) is 0 Å². The Morgan fingerprint density at radius 1 is 1.00 bits per heavy atom. The van der Waals surface area contributed by atoms with Gasteiger partial charge in [-0.1, -0.05) is 60.1 Å². The van der Waals surface area contributed by atoms with Crippen molar-refractivity contribution in [3.63, 3.8) is 0 Å². The van der Waals surface area contributed by atoms with Gasteiger partial charge < -0.3 is 10.1 Å². The first-order chi connectivity index (χ1) is 13.1. The predicted molar refractivity (Wildman–Crippen MR) is 111 cm³/mol. The van der Waals surface area contributed by atoms with Crippen molar-refractivity contribution >= 4 is 23.2 Å². The molecule has 0 heterocycles.